The molecule has 0 amide bonds. The molecule has 4 heteroatoms. The second-order valence-electron chi connectivity index (χ2n) is 5.66. The van der Waals surface area contributed by atoms with E-state index < -0.39 is 0 Å². The van der Waals surface area contributed by atoms with Crippen LogP contribution < -0.4 is 5.73 Å². The summed E-state index contributed by atoms with van der Waals surface area (Å²) < 4.78 is 0. The van der Waals surface area contributed by atoms with E-state index in [-0.39, 0.29) is 6.04 Å². The lowest BCUT2D eigenvalue weighted by molar-refractivity contribution is 0.573. The van der Waals surface area contributed by atoms with Gasteiger partial charge >= 0.3 is 0 Å². The highest BCUT2D eigenvalue weighted by Crippen LogP contribution is 2.38. The molecule has 0 spiro atoms. The number of pyridine rings is 1. The van der Waals surface area contributed by atoms with Crippen LogP contribution >= 0.6 is 11.3 Å². The molecule has 3 nitrogen and oxygen atoms in total. The van der Waals surface area contributed by atoms with Crippen LogP contribution in [0.4, 0.5) is 0 Å². The van der Waals surface area contributed by atoms with Crippen LogP contribution in [-0.4, -0.2) is 9.97 Å². The topological polar surface area (TPSA) is 51.8 Å². The largest absolute Gasteiger partial charge is 0.323 e. The van der Waals surface area contributed by atoms with Crippen LogP contribution in [0, 0.1) is 6.92 Å². The molecule has 1 unspecified atom stereocenters. The van der Waals surface area contributed by atoms with E-state index in [0.29, 0.717) is 0 Å². The summed E-state index contributed by atoms with van der Waals surface area (Å²) in [6.45, 7) is 2.04. The summed E-state index contributed by atoms with van der Waals surface area (Å²) in [5.41, 5.74) is 10.7. The first kappa shape index (κ1) is 12.9. The Morgan fingerprint density at radius 1 is 1.24 bits per heavy atom. The monoisotopic (exact) mass is 295 g/mol. The molecule has 2 N–H and O–H groups in total. The molecule has 21 heavy (non-hydrogen) atoms. The minimum absolute atomic E-state index is 0.161. The van der Waals surface area contributed by atoms with Gasteiger partial charge in [0.2, 0.25) is 0 Å². The van der Waals surface area contributed by atoms with E-state index in [1.165, 1.54) is 21.5 Å². The fourth-order valence-corrected chi connectivity index (χ4v) is 4.23. The molecule has 3 aromatic rings. The van der Waals surface area contributed by atoms with Crippen LogP contribution in [0.15, 0.2) is 30.3 Å². The van der Waals surface area contributed by atoms with Gasteiger partial charge in [-0.15, -0.1) is 11.3 Å². The summed E-state index contributed by atoms with van der Waals surface area (Å²) >= 11 is 1.76. The smallest absolute Gasteiger partial charge is 0.124 e. The van der Waals surface area contributed by atoms with Gasteiger partial charge in [0, 0.05) is 27.6 Å². The summed E-state index contributed by atoms with van der Waals surface area (Å²) in [7, 11) is 0. The van der Waals surface area contributed by atoms with E-state index >= 15 is 0 Å². The highest BCUT2D eigenvalue weighted by molar-refractivity contribution is 7.15. The number of hydrogen-bond donors (Lipinski definition) is 1. The number of nitrogens with two attached hydrogens (primary N) is 1. The van der Waals surface area contributed by atoms with Crippen molar-refractivity contribution in [1.82, 2.24) is 9.97 Å². The number of fused-ring (bicyclic) bond motifs is 2. The average molecular weight is 295 g/mol. The number of nitrogens with zero attached hydrogens (tertiary/aromatic N) is 2. The predicted octanol–water partition coefficient (Wildman–Crippen LogP) is 4.00. The Morgan fingerprint density at radius 2 is 2.10 bits per heavy atom. The molecular formula is C17H17N3S. The fraction of sp³-hybridized carbons (Fsp3) is 0.294. The van der Waals surface area contributed by atoms with Gasteiger partial charge in [-0.25, -0.2) is 4.98 Å². The summed E-state index contributed by atoms with van der Waals surface area (Å²) in [5, 5.41) is 2.25. The Labute approximate surface area is 127 Å². The van der Waals surface area contributed by atoms with Crippen molar-refractivity contribution in [1.29, 1.82) is 0 Å². The first-order valence-corrected chi connectivity index (χ1v) is 8.16. The van der Waals surface area contributed by atoms with Crippen LogP contribution in [-0.2, 0) is 6.42 Å². The maximum absolute atomic E-state index is 6.24. The average Bonchev–Trinajstić information content (AvgIpc) is 2.92. The molecule has 0 saturated carbocycles. The standard InChI is InChI=1S/C17H17N3S/c1-10-9-12(11-5-2-3-7-14(11)19-10)17-20-15-8-4-6-13(18)16(15)21-17/h2-3,5,7,9,13H,4,6,8,18H2,1H3. The molecule has 0 saturated heterocycles. The third-order valence-corrected chi connectivity index (χ3v) is 5.33. The van der Waals surface area contributed by atoms with E-state index in [1.807, 2.05) is 13.0 Å². The number of hydrogen-bond acceptors (Lipinski definition) is 4. The molecular weight excluding hydrogens is 278 g/mol. The fourth-order valence-electron chi connectivity index (χ4n) is 3.05. The van der Waals surface area contributed by atoms with Crippen molar-refractivity contribution in [2.45, 2.75) is 32.2 Å². The molecule has 106 valence electrons. The molecule has 2 heterocycles. The quantitative estimate of drug-likeness (QED) is 0.738. The molecule has 1 atom stereocenters. The Kier molecular flexibility index (Phi) is 3.01. The van der Waals surface area contributed by atoms with Crippen molar-refractivity contribution in [2.75, 3.05) is 0 Å². The lowest BCUT2D eigenvalue weighted by Crippen LogP contribution is -2.15. The van der Waals surface area contributed by atoms with Crippen LogP contribution in [0.3, 0.4) is 0 Å². The first-order valence-electron chi connectivity index (χ1n) is 7.34. The van der Waals surface area contributed by atoms with Crippen molar-refractivity contribution < 1.29 is 0 Å². The summed E-state index contributed by atoms with van der Waals surface area (Å²) in [5.74, 6) is 0. The molecule has 2 aromatic heterocycles. The van der Waals surface area contributed by atoms with E-state index in [1.54, 1.807) is 11.3 Å². The minimum Gasteiger partial charge on any atom is -0.323 e. The maximum Gasteiger partial charge on any atom is 0.124 e. The second kappa shape index (κ2) is 4.90. The van der Waals surface area contributed by atoms with Crippen molar-refractivity contribution in [3.05, 3.63) is 46.6 Å². The Hall–Kier alpha value is -1.78. The Balaban J connectivity index is 1.94. The van der Waals surface area contributed by atoms with Gasteiger partial charge in [0.25, 0.3) is 0 Å². The molecule has 1 aliphatic carbocycles. The van der Waals surface area contributed by atoms with Gasteiger partial charge < -0.3 is 5.73 Å². The molecule has 0 bridgehead atoms. The minimum atomic E-state index is 0.161. The van der Waals surface area contributed by atoms with Crippen LogP contribution in [0.5, 0.6) is 0 Å². The zero-order chi connectivity index (χ0) is 14.4. The lowest BCUT2D eigenvalue weighted by atomic mass is 9.99. The maximum atomic E-state index is 6.24. The van der Waals surface area contributed by atoms with Gasteiger partial charge in [0.1, 0.15) is 5.01 Å². The zero-order valence-electron chi connectivity index (χ0n) is 12.0. The van der Waals surface area contributed by atoms with Crippen molar-refractivity contribution in [2.24, 2.45) is 5.73 Å². The van der Waals surface area contributed by atoms with Crippen molar-refractivity contribution in [3.63, 3.8) is 0 Å². The third kappa shape index (κ3) is 2.15. The number of benzene rings is 1. The number of para-hydroxylation sites is 1. The second-order valence-corrected chi connectivity index (χ2v) is 6.69. The van der Waals surface area contributed by atoms with Gasteiger partial charge in [-0.1, -0.05) is 18.2 Å². The first-order chi connectivity index (χ1) is 10.2. The highest BCUT2D eigenvalue weighted by atomic mass is 32.1. The summed E-state index contributed by atoms with van der Waals surface area (Å²) in [6, 6.07) is 10.6. The number of aryl methyl sites for hydroxylation is 2. The SMILES string of the molecule is Cc1cc(-c2nc3c(s2)C(N)CCC3)c2ccccc2n1. The zero-order valence-corrected chi connectivity index (χ0v) is 12.8. The van der Waals surface area contributed by atoms with Crippen LogP contribution in [0.2, 0.25) is 0 Å². The van der Waals surface area contributed by atoms with E-state index in [0.717, 1.165) is 35.5 Å². The molecule has 0 fully saturated rings. The lowest BCUT2D eigenvalue weighted by Gasteiger charge is -2.15. The number of thiazole rings is 1. The van der Waals surface area contributed by atoms with Crippen molar-refractivity contribution >= 4 is 22.2 Å². The van der Waals surface area contributed by atoms with E-state index in [2.05, 4.69) is 29.2 Å². The molecule has 1 aliphatic rings. The molecule has 0 radical (unpaired) electrons. The number of aromatic nitrogens is 2. The van der Waals surface area contributed by atoms with Gasteiger partial charge in [-0.05, 0) is 38.3 Å². The summed E-state index contributed by atoms with van der Waals surface area (Å²) in [6.07, 6.45) is 3.28. The number of rotatable bonds is 1. The van der Waals surface area contributed by atoms with Gasteiger partial charge in [0.15, 0.2) is 0 Å². The molecule has 0 aliphatic heterocycles. The van der Waals surface area contributed by atoms with Gasteiger partial charge in [0.05, 0.1) is 11.2 Å². The van der Waals surface area contributed by atoms with Crippen molar-refractivity contribution in [3.8, 4) is 10.6 Å². The van der Waals surface area contributed by atoms with Crippen LogP contribution in [0.1, 0.15) is 35.1 Å². The highest BCUT2D eigenvalue weighted by Gasteiger charge is 2.22. The summed E-state index contributed by atoms with van der Waals surface area (Å²) in [4.78, 5) is 10.8. The Morgan fingerprint density at radius 3 is 2.95 bits per heavy atom. The van der Waals surface area contributed by atoms with Gasteiger partial charge in [-0.3, -0.25) is 4.98 Å². The third-order valence-electron chi connectivity index (χ3n) is 4.07. The van der Waals surface area contributed by atoms with Crippen LogP contribution in [0.25, 0.3) is 21.5 Å². The molecule has 1 aromatic carbocycles. The predicted molar refractivity (Wildman–Crippen MR) is 87.5 cm³/mol. The Bertz CT molecular complexity index is 822. The normalized spacial score (nSPS) is 17.9. The van der Waals surface area contributed by atoms with E-state index in [4.69, 9.17) is 10.7 Å². The van der Waals surface area contributed by atoms with E-state index in [9.17, 15) is 0 Å². The van der Waals surface area contributed by atoms with Gasteiger partial charge in [-0.2, -0.15) is 0 Å². The molecule has 4 rings (SSSR count).